The second kappa shape index (κ2) is 25.5. The molecule has 0 aromatic heterocycles. The monoisotopic (exact) mass is 918 g/mol. The summed E-state index contributed by atoms with van der Waals surface area (Å²) in [6, 6.07) is -1.07. The van der Waals surface area contributed by atoms with Crippen LogP contribution in [0.25, 0.3) is 0 Å². The topological polar surface area (TPSA) is 202 Å². The van der Waals surface area contributed by atoms with Crippen molar-refractivity contribution in [3.05, 3.63) is 47.6 Å². The van der Waals surface area contributed by atoms with Gasteiger partial charge in [0, 0.05) is 52.6 Å². The van der Waals surface area contributed by atoms with E-state index in [0.29, 0.717) is 63.4 Å². The van der Waals surface area contributed by atoms with Crippen molar-refractivity contribution in [3.8, 4) is 0 Å². The zero-order valence-electron chi connectivity index (χ0n) is 40.8. The lowest BCUT2D eigenvalue weighted by Crippen LogP contribution is -2.63. The predicted molar refractivity (Wildman–Crippen MR) is 247 cm³/mol. The Hall–Kier alpha value is -2.79. The number of nitrogens with zero attached hydrogens (tertiary/aromatic N) is 1. The van der Waals surface area contributed by atoms with Gasteiger partial charge in [-0.15, -0.1) is 0 Å². The van der Waals surface area contributed by atoms with Gasteiger partial charge in [-0.1, -0.05) is 71.1 Å². The van der Waals surface area contributed by atoms with Gasteiger partial charge in [-0.05, 0) is 113 Å². The van der Waals surface area contributed by atoms with Gasteiger partial charge in [-0.25, -0.2) is 4.79 Å². The molecule has 14 nitrogen and oxygen atoms in total. The van der Waals surface area contributed by atoms with Crippen molar-refractivity contribution >= 4 is 17.7 Å². The first kappa shape index (κ1) is 54.8. The predicted octanol–water partition coefficient (Wildman–Crippen LogP) is 5.76. The molecule has 370 valence electrons. The van der Waals surface area contributed by atoms with Crippen LogP contribution in [0.4, 0.5) is 0 Å². The number of aliphatic hydroxyl groups excluding tert-OH is 4. The first-order valence-electron chi connectivity index (χ1n) is 24.2. The minimum atomic E-state index is -2.23. The van der Waals surface area contributed by atoms with Crippen molar-refractivity contribution < 1.29 is 63.6 Å². The number of esters is 1. The first-order chi connectivity index (χ1) is 30.7. The number of carbonyl (C=O) groups excluding carboxylic acids is 3. The number of rotatable bonds is 6. The lowest BCUT2D eigenvalue weighted by molar-refractivity contribution is -0.317. The molecule has 0 spiro atoms. The molecule has 1 saturated carbocycles. The van der Waals surface area contributed by atoms with Crippen molar-refractivity contribution in [2.24, 2.45) is 35.5 Å². The van der Waals surface area contributed by atoms with Crippen molar-refractivity contribution in [2.75, 3.05) is 27.9 Å². The van der Waals surface area contributed by atoms with Gasteiger partial charge in [0.1, 0.15) is 30.1 Å². The number of piperidine rings is 1. The van der Waals surface area contributed by atoms with Crippen LogP contribution in [0.2, 0.25) is 0 Å². The van der Waals surface area contributed by atoms with E-state index in [1.165, 1.54) is 12.0 Å². The highest BCUT2D eigenvalue weighted by Gasteiger charge is 2.53. The average molecular weight is 918 g/mol. The fourth-order valence-corrected chi connectivity index (χ4v) is 10.4. The molecule has 1 amide bonds. The number of hydrogen-bond donors (Lipinski definition) is 5. The summed E-state index contributed by atoms with van der Waals surface area (Å²) in [5.74, 6) is -5.62. The van der Waals surface area contributed by atoms with E-state index in [1.54, 1.807) is 41.1 Å². The minimum absolute atomic E-state index is 0.0872. The Kier molecular flexibility index (Phi) is 21.5. The second-order valence-corrected chi connectivity index (χ2v) is 20.0. The Morgan fingerprint density at radius 1 is 0.846 bits per heavy atom. The summed E-state index contributed by atoms with van der Waals surface area (Å²) in [4.78, 5) is 44.2. The van der Waals surface area contributed by atoms with Gasteiger partial charge in [0.15, 0.2) is 6.10 Å². The number of methoxy groups -OCH3 is 3. The summed E-state index contributed by atoms with van der Waals surface area (Å²) in [7, 11) is 4.62. The number of carbonyl (C=O) groups is 3. The summed E-state index contributed by atoms with van der Waals surface area (Å²) in [6.45, 7) is 13.2. The Morgan fingerprint density at radius 2 is 1.57 bits per heavy atom. The van der Waals surface area contributed by atoms with Crippen molar-refractivity contribution in [2.45, 2.75) is 192 Å². The number of aliphatic hydroxyl groups is 5. The van der Waals surface area contributed by atoms with Crippen LogP contribution in [0.1, 0.15) is 126 Å². The number of amides is 1. The number of hydrogen-bond acceptors (Lipinski definition) is 13. The third kappa shape index (κ3) is 14.6. The molecule has 0 radical (unpaired) electrons. The number of Topliss-reactive ketones (excluding diaryl/α,β-unsaturated/α-hetero) is 1. The smallest absolute Gasteiger partial charge is 0.329 e. The van der Waals surface area contributed by atoms with Gasteiger partial charge < -0.3 is 54.1 Å². The normalized spacial score (nSPS) is 42.7. The number of fused-ring (bicyclic) bond motifs is 3. The van der Waals surface area contributed by atoms with E-state index in [-0.39, 0.29) is 61.0 Å². The standard InChI is InChI=1S/C51H83NO13/c1-30-16-12-11-13-17-31(2)42(61-8)28-38-21-19-36(7)51(60,65-38)48(57)49(58)52-23-15-14-18-39(52)50(59)64-43(33(4)26-37-20-22-40(53)44(27-37)62-9)29-41(54)32(3)25-35(6)46(56)47(63-10)45(55)34(5)24-30/h11-13,16-17,25,30,32-34,36-40,42-48,53,55-57,60H,14-15,18-24,26-29H2,1-10H3/b13-11+,16-12+,31-17+,35-25+/t30-,32-,33-,34?,36?,37?,38+,39?,40-,42+,43+,44?,45?,46?,47+,48?,51?/m1/s1. The molecule has 9 unspecified atom stereocenters. The van der Waals surface area contributed by atoms with Crippen LogP contribution in [-0.2, 0) is 38.1 Å². The molecule has 17 atom stereocenters. The lowest BCUT2D eigenvalue weighted by Gasteiger charge is -2.46. The molecule has 65 heavy (non-hydrogen) atoms. The quantitative estimate of drug-likeness (QED) is 0.159. The molecule has 3 heterocycles. The third-order valence-corrected chi connectivity index (χ3v) is 14.9. The van der Waals surface area contributed by atoms with Crippen molar-refractivity contribution in [1.82, 2.24) is 4.90 Å². The number of ketones is 1. The Bertz CT molecular complexity index is 1660. The zero-order valence-corrected chi connectivity index (χ0v) is 40.8. The minimum Gasteiger partial charge on any atom is -0.460 e. The maximum Gasteiger partial charge on any atom is 0.329 e. The first-order valence-corrected chi connectivity index (χ1v) is 24.2. The largest absolute Gasteiger partial charge is 0.460 e. The summed E-state index contributed by atoms with van der Waals surface area (Å²) in [5.41, 5.74) is 1.37. The van der Waals surface area contributed by atoms with E-state index in [2.05, 4.69) is 6.92 Å². The lowest BCUT2D eigenvalue weighted by atomic mass is 9.78. The Labute approximate surface area is 388 Å². The van der Waals surface area contributed by atoms with E-state index in [4.69, 9.17) is 23.7 Å². The van der Waals surface area contributed by atoms with E-state index >= 15 is 0 Å². The summed E-state index contributed by atoms with van der Waals surface area (Å²) >= 11 is 0. The SMILES string of the molecule is COC1CC(C[C@@H](C)[C@@H]2CC(=O)[C@H](C)/C=C(\C)C(O)[C@@H](OC)C(O)C(C)C[C@H](C)/C=C/C=C/C=C(\C)[C@@H](OC)C[C@@H]3CCC(C)C(O)(O3)C(O)C(=O)N3CCCCC3C(=O)O2)CC[C@H]1O. The molecule has 0 aromatic rings. The summed E-state index contributed by atoms with van der Waals surface area (Å²) in [5, 5.41) is 57.2. The number of ether oxygens (including phenoxy) is 5. The fraction of sp³-hybridized carbons (Fsp3) is 0.784. The molecule has 1 aliphatic carbocycles. The van der Waals surface area contributed by atoms with Crippen molar-refractivity contribution in [3.63, 3.8) is 0 Å². The molecule has 2 bridgehead atoms. The van der Waals surface area contributed by atoms with Gasteiger partial charge in [0.05, 0.1) is 30.5 Å². The Morgan fingerprint density at radius 3 is 2.25 bits per heavy atom. The van der Waals surface area contributed by atoms with E-state index in [9.17, 15) is 39.9 Å². The molecule has 3 aliphatic heterocycles. The molecule has 3 fully saturated rings. The molecule has 14 heteroatoms. The van der Waals surface area contributed by atoms with E-state index in [0.717, 1.165) is 12.0 Å². The van der Waals surface area contributed by atoms with Crippen LogP contribution < -0.4 is 0 Å². The maximum absolute atomic E-state index is 14.4. The number of allylic oxidation sites excluding steroid dienone is 6. The van der Waals surface area contributed by atoms with Gasteiger partial charge in [0.25, 0.3) is 5.91 Å². The van der Waals surface area contributed by atoms with Gasteiger partial charge in [0.2, 0.25) is 5.79 Å². The molecule has 4 rings (SSSR count). The summed E-state index contributed by atoms with van der Waals surface area (Å²) in [6.07, 6.45) is 9.41. The van der Waals surface area contributed by atoms with Gasteiger partial charge in [-0.2, -0.15) is 0 Å². The fourth-order valence-electron chi connectivity index (χ4n) is 10.4. The summed E-state index contributed by atoms with van der Waals surface area (Å²) < 4.78 is 29.7. The average Bonchev–Trinajstić information content (AvgIpc) is 3.28. The van der Waals surface area contributed by atoms with Crippen LogP contribution in [0, 0.1) is 35.5 Å². The highest BCUT2D eigenvalue weighted by atomic mass is 16.6. The molecule has 4 aliphatic rings. The van der Waals surface area contributed by atoms with Crippen LogP contribution in [0.3, 0.4) is 0 Å². The van der Waals surface area contributed by atoms with Crippen LogP contribution in [0.5, 0.6) is 0 Å². The van der Waals surface area contributed by atoms with Crippen molar-refractivity contribution in [1.29, 1.82) is 0 Å². The molecule has 2 saturated heterocycles. The molecule has 0 aromatic carbocycles. The van der Waals surface area contributed by atoms with Crippen LogP contribution in [0.15, 0.2) is 47.6 Å². The van der Waals surface area contributed by atoms with Gasteiger partial charge >= 0.3 is 5.97 Å². The van der Waals surface area contributed by atoms with Gasteiger partial charge in [-0.3, -0.25) is 9.59 Å². The van der Waals surface area contributed by atoms with E-state index in [1.807, 2.05) is 51.2 Å². The van der Waals surface area contributed by atoms with Crippen LogP contribution in [-0.4, -0.2) is 143 Å². The molecular weight excluding hydrogens is 835 g/mol. The van der Waals surface area contributed by atoms with Crippen LogP contribution >= 0.6 is 0 Å². The maximum atomic E-state index is 14.4. The highest BCUT2D eigenvalue weighted by Crippen LogP contribution is 2.39. The molecule has 5 N–H and O–H groups in total. The molecular formula is C51H83NO13. The highest BCUT2D eigenvalue weighted by molar-refractivity contribution is 5.88. The number of cyclic esters (lactones) is 1. The zero-order chi connectivity index (χ0) is 48.2. The Balaban J connectivity index is 1.70. The third-order valence-electron chi connectivity index (χ3n) is 14.9. The van der Waals surface area contributed by atoms with E-state index < -0.39 is 78.3 Å². The second-order valence-electron chi connectivity index (χ2n) is 20.0.